The summed E-state index contributed by atoms with van der Waals surface area (Å²) in [6.45, 7) is 1.58. The number of ketones is 1. The second kappa shape index (κ2) is 7.10. The summed E-state index contributed by atoms with van der Waals surface area (Å²) in [4.78, 5) is 49.6. The number of carbonyl (C=O) groups excluding carboxylic acids is 2. The first-order valence-electron chi connectivity index (χ1n) is 6.83. The number of carbonyl (C=O) groups is 3. The number of halogens is 1. The van der Waals surface area contributed by atoms with Crippen LogP contribution >= 0.6 is 11.6 Å². The quantitative estimate of drug-likeness (QED) is 0.631. The molecule has 0 unspecified atom stereocenters. The molecule has 0 radical (unpaired) electrons. The van der Waals surface area contributed by atoms with Gasteiger partial charge in [-0.15, -0.1) is 0 Å². The van der Waals surface area contributed by atoms with Crippen LogP contribution in [0.3, 0.4) is 0 Å². The third-order valence-corrected chi connectivity index (χ3v) is 3.35. The van der Waals surface area contributed by atoms with Crippen LogP contribution in [0.2, 0.25) is 5.02 Å². The van der Waals surface area contributed by atoms with Crippen molar-refractivity contribution in [3.8, 4) is 0 Å². The Morgan fingerprint density at radius 3 is 2.33 bits per heavy atom. The number of aromatic amines is 1. The van der Waals surface area contributed by atoms with Crippen LogP contribution in [0.25, 0.3) is 0 Å². The van der Waals surface area contributed by atoms with Crippen molar-refractivity contribution in [2.24, 2.45) is 0 Å². The lowest BCUT2D eigenvalue weighted by Crippen LogP contribution is -2.25. The number of benzene rings is 1. The number of rotatable bonds is 5. The Morgan fingerprint density at radius 1 is 1.17 bits per heavy atom. The van der Waals surface area contributed by atoms with Crippen LogP contribution in [0.5, 0.6) is 0 Å². The molecule has 0 saturated heterocycles. The van der Waals surface area contributed by atoms with Gasteiger partial charge >= 0.3 is 11.9 Å². The highest BCUT2D eigenvalue weighted by Gasteiger charge is 2.24. The van der Waals surface area contributed by atoms with Crippen LogP contribution in [0.1, 0.15) is 43.7 Å². The largest absolute Gasteiger partial charge is 0.477 e. The Morgan fingerprint density at radius 2 is 1.79 bits per heavy atom. The molecule has 0 aliphatic carbocycles. The van der Waals surface area contributed by atoms with E-state index >= 15 is 0 Å². The molecular weight excluding hydrogens is 338 g/mol. The number of aromatic nitrogens is 1. The first-order chi connectivity index (χ1) is 11.3. The molecule has 2 rings (SSSR count). The average Bonchev–Trinajstić information content (AvgIpc) is 2.54. The fourth-order valence-electron chi connectivity index (χ4n) is 1.99. The lowest BCUT2D eigenvalue weighted by molar-refractivity contribution is 0.0514. The van der Waals surface area contributed by atoms with E-state index < -0.39 is 34.5 Å². The first-order valence-corrected chi connectivity index (χ1v) is 7.21. The van der Waals surface area contributed by atoms with E-state index in [0.29, 0.717) is 5.02 Å². The van der Waals surface area contributed by atoms with Crippen LogP contribution < -0.4 is 5.56 Å². The molecule has 2 aromatic rings. The highest BCUT2D eigenvalue weighted by molar-refractivity contribution is 6.30. The molecule has 124 valence electrons. The summed E-state index contributed by atoms with van der Waals surface area (Å²) in [6.07, 6.45) is 0. The van der Waals surface area contributed by atoms with E-state index in [-0.39, 0.29) is 17.7 Å². The van der Waals surface area contributed by atoms with E-state index in [4.69, 9.17) is 21.4 Å². The molecular formula is C16H12ClNO6. The molecule has 0 aliphatic rings. The molecule has 1 aromatic carbocycles. The topological polar surface area (TPSA) is 114 Å². The SMILES string of the molecule is CCOC(=O)c1[nH]c(=O)c(C(=O)O)cc1C(=O)c1ccc(Cl)cc1. The number of H-pyrrole nitrogens is 1. The van der Waals surface area contributed by atoms with E-state index in [2.05, 4.69) is 4.98 Å². The number of hydrogen-bond acceptors (Lipinski definition) is 5. The molecule has 0 aliphatic heterocycles. The van der Waals surface area contributed by atoms with Gasteiger partial charge in [-0.05, 0) is 37.3 Å². The van der Waals surface area contributed by atoms with Crippen LogP contribution in [0.15, 0.2) is 35.1 Å². The van der Waals surface area contributed by atoms with Crippen LogP contribution in [0, 0.1) is 0 Å². The van der Waals surface area contributed by atoms with Crippen molar-refractivity contribution in [3.63, 3.8) is 0 Å². The van der Waals surface area contributed by atoms with E-state index in [0.717, 1.165) is 6.07 Å². The molecule has 0 fully saturated rings. The summed E-state index contributed by atoms with van der Waals surface area (Å²) in [6, 6.07) is 6.66. The number of esters is 1. The van der Waals surface area contributed by atoms with Gasteiger partial charge in [0.15, 0.2) is 5.78 Å². The van der Waals surface area contributed by atoms with Crippen molar-refractivity contribution in [1.82, 2.24) is 4.98 Å². The van der Waals surface area contributed by atoms with Crippen molar-refractivity contribution in [2.45, 2.75) is 6.92 Å². The summed E-state index contributed by atoms with van der Waals surface area (Å²) in [5.41, 5.74) is -2.15. The van der Waals surface area contributed by atoms with Gasteiger partial charge in [-0.25, -0.2) is 9.59 Å². The standard InChI is InChI=1S/C16H12ClNO6/c1-2-24-16(23)12-10(7-11(15(21)22)14(20)18-12)13(19)8-3-5-9(17)6-4-8/h3-7H,2H2,1H3,(H,18,20)(H,21,22). The third kappa shape index (κ3) is 3.52. The second-order valence-electron chi connectivity index (χ2n) is 4.66. The van der Waals surface area contributed by atoms with Crippen LogP contribution in [-0.4, -0.2) is 34.4 Å². The molecule has 2 N–H and O–H groups in total. The number of aromatic carboxylic acids is 1. The van der Waals surface area contributed by atoms with Crippen molar-refractivity contribution in [3.05, 3.63) is 68.1 Å². The minimum Gasteiger partial charge on any atom is -0.477 e. The number of hydrogen-bond donors (Lipinski definition) is 2. The molecule has 8 heteroatoms. The van der Waals surface area contributed by atoms with Gasteiger partial charge < -0.3 is 14.8 Å². The zero-order valence-electron chi connectivity index (χ0n) is 12.5. The van der Waals surface area contributed by atoms with Gasteiger partial charge in [0.1, 0.15) is 11.3 Å². The van der Waals surface area contributed by atoms with Crippen molar-refractivity contribution >= 4 is 29.3 Å². The predicted octanol–water partition coefficient (Wildman–Crippen LogP) is 2.13. The van der Waals surface area contributed by atoms with Gasteiger partial charge in [-0.3, -0.25) is 9.59 Å². The summed E-state index contributed by atoms with van der Waals surface area (Å²) < 4.78 is 4.80. The predicted molar refractivity (Wildman–Crippen MR) is 84.9 cm³/mol. The summed E-state index contributed by atoms with van der Waals surface area (Å²) in [7, 11) is 0. The highest BCUT2D eigenvalue weighted by atomic mass is 35.5. The van der Waals surface area contributed by atoms with Gasteiger partial charge in [-0.1, -0.05) is 11.6 Å². The Kier molecular flexibility index (Phi) is 5.15. The molecule has 1 aromatic heterocycles. The van der Waals surface area contributed by atoms with Gasteiger partial charge in [0, 0.05) is 10.6 Å². The molecule has 0 amide bonds. The number of carboxylic acids is 1. The lowest BCUT2D eigenvalue weighted by Gasteiger charge is -2.09. The Labute approximate surface area is 140 Å². The van der Waals surface area contributed by atoms with Crippen molar-refractivity contribution in [2.75, 3.05) is 6.61 Å². The maximum Gasteiger partial charge on any atom is 0.355 e. The molecule has 24 heavy (non-hydrogen) atoms. The van der Waals surface area contributed by atoms with E-state index in [1.165, 1.54) is 24.3 Å². The monoisotopic (exact) mass is 349 g/mol. The first kappa shape index (κ1) is 17.4. The molecule has 0 spiro atoms. The third-order valence-electron chi connectivity index (χ3n) is 3.10. The average molecular weight is 350 g/mol. The van der Waals surface area contributed by atoms with Gasteiger partial charge in [-0.2, -0.15) is 0 Å². The normalized spacial score (nSPS) is 10.2. The number of ether oxygens (including phenoxy) is 1. The Balaban J connectivity index is 2.64. The molecule has 0 bridgehead atoms. The summed E-state index contributed by atoms with van der Waals surface area (Å²) in [5.74, 6) is -3.09. The number of pyridine rings is 1. The molecule has 0 saturated carbocycles. The lowest BCUT2D eigenvalue weighted by atomic mass is 10.00. The van der Waals surface area contributed by atoms with Crippen LogP contribution in [-0.2, 0) is 4.74 Å². The van der Waals surface area contributed by atoms with Crippen molar-refractivity contribution in [1.29, 1.82) is 0 Å². The Hall–Kier alpha value is -2.93. The van der Waals surface area contributed by atoms with Gasteiger partial charge in [0.2, 0.25) is 0 Å². The van der Waals surface area contributed by atoms with E-state index in [9.17, 15) is 19.2 Å². The molecule has 7 nitrogen and oxygen atoms in total. The highest BCUT2D eigenvalue weighted by Crippen LogP contribution is 2.17. The molecule has 1 heterocycles. The fourth-order valence-corrected chi connectivity index (χ4v) is 2.12. The van der Waals surface area contributed by atoms with E-state index in [1.807, 2.05) is 0 Å². The zero-order chi connectivity index (χ0) is 17.9. The second-order valence-corrected chi connectivity index (χ2v) is 5.10. The summed E-state index contributed by atoms with van der Waals surface area (Å²) >= 11 is 5.76. The number of carboxylic acid groups (broad SMARTS) is 1. The minimum atomic E-state index is -1.52. The van der Waals surface area contributed by atoms with Crippen molar-refractivity contribution < 1.29 is 24.2 Å². The smallest absolute Gasteiger partial charge is 0.355 e. The Bertz CT molecular complexity index is 869. The molecule has 0 atom stereocenters. The number of nitrogens with one attached hydrogen (secondary N) is 1. The van der Waals surface area contributed by atoms with E-state index in [1.54, 1.807) is 6.92 Å². The zero-order valence-corrected chi connectivity index (χ0v) is 13.2. The minimum absolute atomic E-state index is 0.0239. The van der Waals surface area contributed by atoms with Crippen LogP contribution in [0.4, 0.5) is 0 Å². The summed E-state index contributed by atoms with van der Waals surface area (Å²) in [5, 5.41) is 9.45. The van der Waals surface area contributed by atoms with Gasteiger partial charge in [0.05, 0.1) is 12.2 Å². The maximum absolute atomic E-state index is 12.6. The fraction of sp³-hybridized carbons (Fsp3) is 0.125. The van der Waals surface area contributed by atoms with Gasteiger partial charge in [0.25, 0.3) is 5.56 Å². The maximum atomic E-state index is 12.6.